The van der Waals surface area contributed by atoms with Crippen molar-refractivity contribution in [2.45, 2.75) is 38.3 Å². The minimum atomic E-state index is -0.342. The highest BCUT2D eigenvalue weighted by Crippen LogP contribution is 2.28. The number of aromatic amines is 1. The van der Waals surface area contributed by atoms with E-state index in [2.05, 4.69) is 15.6 Å². The van der Waals surface area contributed by atoms with Crippen molar-refractivity contribution in [1.82, 2.24) is 15.6 Å². The normalized spacial score (nSPS) is 15.0. The van der Waals surface area contributed by atoms with Crippen LogP contribution in [0.25, 0.3) is 0 Å². The molecule has 1 heterocycles. The fraction of sp³-hybridized carbons (Fsp3) is 0.368. The number of carbonyl (C=O) groups excluding carboxylic acids is 2. The number of H-pyrrole nitrogens is 1. The molecule has 0 spiro atoms. The van der Waals surface area contributed by atoms with E-state index >= 15 is 0 Å². The highest BCUT2D eigenvalue weighted by atomic mass is 35.5. The van der Waals surface area contributed by atoms with Crippen molar-refractivity contribution in [2.24, 2.45) is 0 Å². The van der Waals surface area contributed by atoms with E-state index in [4.69, 9.17) is 16.3 Å². The van der Waals surface area contributed by atoms with Gasteiger partial charge in [-0.2, -0.15) is 0 Å². The van der Waals surface area contributed by atoms with Crippen LogP contribution in [0.15, 0.2) is 30.3 Å². The van der Waals surface area contributed by atoms with E-state index in [1.54, 1.807) is 18.2 Å². The number of amides is 2. The molecule has 0 radical (unpaired) electrons. The molecule has 2 aromatic rings. The molecular formula is C19H22ClN3O3. The van der Waals surface area contributed by atoms with Gasteiger partial charge in [-0.3, -0.25) is 9.59 Å². The lowest BCUT2D eigenvalue weighted by Gasteiger charge is -2.25. The van der Waals surface area contributed by atoms with Gasteiger partial charge < -0.3 is 20.4 Å². The summed E-state index contributed by atoms with van der Waals surface area (Å²) in [6, 6.07) is 9.08. The quantitative estimate of drug-likeness (QED) is 0.723. The molecule has 26 heavy (non-hydrogen) atoms. The summed E-state index contributed by atoms with van der Waals surface area (Å²) < 4.78 is 5.96. The summed E-state index contributed by atoms with van der Waals surface area (Å²) in [5.41, 5.74) is 1.46. The molecule has 3 N–H and O–H groups in total. The summed E-state index contributed by atoms with van der Waals surface area (Å²) in [7, 11) is 1.53. The summed E-state index contributed by atoms with van der Waals surface area (Å²) in [5.74, 6) is -0.231. The zero-order chi connectivity index (χ0) is 18.7. The van der Waals surface area contributed by atoms with E-state index in [-0.39, 0.29) is 29.7 Å². The second-order valence-corrected chi connectivity index (χ2v) is 6.85. The zero-order valence-electron chi connectivity index (χ0n) is 14.8. The molecular weight excluding hydrogens is 354 g/mol. The summed E-state index contributed by atoms with van der Waals surface area (Å²) in [6.07, 6.45) is 2.80. The largest absolute Gasteiger partial charge is 0.484 e. The summed E-state index contributed by atoms with van der Waals surface area (Å²) in [4.78, 5) is 27.4. The molecule has 1 atom stereocenters. The van der Waals surface area contributed by atoms with Gasteiger partial charge in [-0.05, 0) is 43.9 Å². The highest BCUT2D eigenvalue weighted by Gasteiger charge is 2.24. The standard InChI is InChI=1S/C19H22ClN3O3/c1-11(12-6-8-13(20)9-7-12)26-16-10-15(23-17(16)19(25)21-2)18(24)22-14-4-3-5-14/h6-11,14,23H,3-5H2,1-2H3,(H,21,25)(H,22,24)/t11-/m0/s1. The minimum absolute atomic E-state index is 0.214. The van der Waals surface area contributed by atoms with Crippen LogP contribution >= 0.6 is 11.6 Å². The summed E-state index contributed by atoms with van der Waals surface area (Å²) >= 11 is 5.92. The first kappa shape index (κ1) is 18.3. The van der Waals surface area contributed by atoms with Crippen molar-refractivity contribution in [3.05, 3.63) is 52.3 Å². The van der Waals surface area contributed by atoms with Gasteiger partial charge in [-0.15, -0.1) is 0 Å². The van der Waals surface area contributed by atoms with Gasteiger partial charge in [0.1, 0.15) is 17.5 Å². The Hall–Kier alpha value is -2.47. The molecule has 1 aromatic carbocycles. The maximum absolute atomic E-state index is 12.4. The number of halogens is 1. The summed E-state index contributed by atoms with van der Waals surface area (Å²) in [6.45, 7) is 1.87. The van der Waals surface area contributed by atoms with E-state index in [0.29, 0.717) is 16.5 Å². The van der Waals surface area contributed by atoms with E-state index < -0.39 is 0 Å². The lowest BCUT2D eigenvalue weighted by molar-refractivity contribution is 0.0912. The average Bonchev–Trinajstić information content (AvgIpc) is 3.01. The lowest BCUT2D eigenvalue weighted by Crippen LogP contribution is -2.39. The van der Waals surface area contributed by atoms with Crippen molar-refractivity contribution in [3.63, 3.8) is 0 Å². The number of ether oxygens (including phenoxy) is 1. The van der Waals surface area contributed by atoms with Gasteiger partial charge in [0.05, 0.1) is 0 Å². The van der Waals surface area contributed by atoms with Crippen LogP contribution < -0.4 is 15.4 Å². The first-order chi connectivity index (χ1) is 12.5. The van der Waals surface area contributed by atoms with E-state index in [1.165, 1.54) is 7.05 Å². The number of hydrogen-bond acceptors (Lipinski definition) is 3. The maximum atomic E-state index is 12.4. The average molecular weight is 376 g/mol. The Labute approximate surface area is 157 Å². The predicted molar refractivity (Wildman–Crippen MR) is 99.8 cm³/mol. The third kappa shape index (κ3) is 4.02. The van der Waals surface area contributed by atoms with Crippen molar-refractivity contribution in [3.8, 4) is 5.75 Å². The van der Waals surface area contributed by atoms with Crippen LogP contribution in [0.2, 0.25) is 5.02 Å². The van der Waals surface area contributed by atoms with Gasteiger partial charge in [-0.1, -0.05) is 23.7 Å². The number of hydrogen-bond donors (Lipinski definition) is 3. The fourth-order valence-electron chi connectivity index (χ4n) is 2.75. The molecule has 7 heteroatoms. The molecule has 3 rings (SSSR count). The van der Waals surface area contributed by atoms with E-state index in [0.717, 1.165) is 24.8 Å². The summed E-state index contributed by atoms with van der Waals surface area (Å²) in [5, 5.41) is 6.15. The van der Waals surface area contributed by atoms with Crippen LogP contribution in [0.1, 0.15) is 58.8 Å². The van der Waals surface area contributed by atoms with Gasteiger partial charge >= 0.3 is 0 Å². The number of rotatable bonds is 6. The lowest BCUT2D eigenvalue weighted by atomic mass is 9.93. The van der Waals surface area contributed by atoms with Crippen molar-refractivity contribution in [1.29, 1.82) is 0 Å². The van der Waals surface area contributed by atoms with Crippen molar-refractivity contribution < 1.29 is 14.3 Å². The molecule has 2 amide bonds. The van der Waals surface area contributed by atoms with Gasteiger partial charge in [-0.25, -0.2) is 0 Å². The predicted octanol–water partition coefficient (Wildman–Crippen LogP) is 3.45. The monoisotopic (exact) mass is 375 g/mol. The van der Waals surface area contributed by atoms with Crippen LogP contribution in [0.4, 0.5) is 0 Å². The molecule has 6 nitrogen and oxygen atoms in total. The highest BCUT2D eigenvalue weighted by molar-refractivity contribution is 6.30. The molecule has 1 fully saturated rings. The van der Waals surface area contributed by atoms with Crippen molar-refractivity contribution >= 4 is 23.4 Å². The van der Waals surface area contributed by atoms with Crippen LogP contribution in [0.5, 0.6) is 5.75 Å². The molecule has 1 aliphatic carbocycles. The third-order valence-corrected chi connectivity index (χ3v) is 4.82. The SMILES string of the molecule is CNC(=O)c1[nH]c(C(=O)NC2CCC2)cc1O[C@@H](C)c1ccc(Cl)cc1. The maximum Gasteiger partial charge on any atom is 0.271 e. The Morgan fingerprint density at radius 1 is 1.23 bits per heavy atom. The molecule has 1 aromatic heterocycles. The van der Waals surface area contributed by atoms with Gasteiger partial charge in [0.25, 0.3) is 11.8 Å². The molecule has 0 aliphatic heterocycles. The Bertz CT molecular complexity index is 797. The first-order valence-electron chi connectivity index (χ1n) is 8.66. The van der Waals surface area contributed by atoms with Crippen LogP contribution in [0.3, 0.4) is 0 Å². The van der Waals surface area contributed by atoms with E-state index in [9.17, 15) is 9.59 Å². The second-order valence-electron chi connectivity index (χ2n) is 6.41. The van der Waals surface area contributed by atoms with E-state index in [1.807, 2.05) is 19.1 Å². The Balaban J connectivity index is 1.80. The number of nitrogens with one attached hydrogen (secondary N) is 3. The second kappa shape index (κ2) is 7.83. The zero-order valence-corrected chi connectivity index (χ0v) is 15.5. The molecule has 0 unspecified atom stereocenters. The van der Waals surface area contributed by atoms with Crippen LogP contribution in [0, 0.1) is 0 Å². The van der Waals surface area contributed by atoms with Crippen LogP contribution in [-0.2, 0) is 0 Å². The third-order valence-electron chi connectivity index (χ3n) is 4.56. The van der Waals surface area contributed by atoms with Gasteiger partial charge in [0.2, 0.25) is 0 Å². The molecule has 0 saturated heterocycles. The molecule has 1 aliphatic rings. The number of aromatic nitrogens is 1. The van der Waals surface area contributed by atoms with Gasteiger partial charge in [0.15, 0.2) is 5.75 Å². The number of carbonyl (C=O) groups is 2. The molecule has 0 bridgehead atoms. The molecule has 1 saturated carbocycles. The Morgan fingerprint density at radius 2 is 1.92 bits per heavy atom. The molecule has 138 valence electrons. The topological polar surface area (TPSA) is 83.2 Å². The Kier molecular flexibility index (Phi) is 5.52. The Morgan fingerprint density at radius 3 is 2.50 bits per heavy atom. The van der Waals surface area contributed by atoms with Gasteiger partial charge in [0, 0.05) is 24.2 Å². The van der Waals surface area contributed by atoms with Crippen LogP contribution in [-0.4, -0.2) is 29.9 Å². The number of benzene rings is 1. The smallest absolute Gasteiger partial charge is 0.271 e. The minimum Gasteiger partial charge on any atom is -0.484 e. The fourth-order valence-corrected chi connectivity index (χ4v) is 2.88. The first-order valence-corrected chi connectivity index (χ1v) is 9.03. The van der Waals surface area contributed by atoms with Crippen molar-refractivity contribution in [2.75, 3.05) is 7.05 Å².